The van der Waals surface area contributed by atoms with E-state index < -0.39 is 6.04 Å². The van der Waals surface area contributed by atoms with Crippen LogP contribution in [0.1, 0.15) is 26.2 Å². The van der Waals surface area contributed by atoms with Crippen LogP contribution in [0.15, 0.2) is 0 Å². The minimum atomic E-state index is -0.528. The molecule has 0 aliphatic heterocycles. The first-order chi connectivity index (χ1) is 8.11. The highest BCUT2D eigenvalue weighted by Gasteiger charge is 2.12. The SMILES string of the molecule is CCNC(=O)CCNC(=O)C(N)CCCOC. The summed E-state index contributed by atoms with van der Waals surface area (Å²) in [6.07, 6.45) is 1.62. The predicted octanol–water partition coefficient (Wildman–Crippen LogP) is -0.617. The molecule has 0 spiro atoms. The van der Waals surface area contributed by atoms with E-state index in [1.165, 1.54) is 0 Å². The quantitative estimate of drug-likeness (QED) is 0.472. The van der Waals surface area contributed by atoms with Crippen LogP contribution in [-0.2, 0) is 14.3 Å². The smallest absolute Gasteiger partial charge is 0.236 e. The lowest BCUT2D eigenvalue weighted by Crippen LogP contribution is -2.42. The molecule has 0 saturated carbocycles. The van der Waals surface area contributed by atoms with Gasteiger partial charge in [-0.2, -0.15) is 0 Å². The molecular weight excluding hydrogens is 222 g/mol. The number of nitrogens with two attached hydrogens (primary N) is 1. The number of methoxy groups -OCH3 is 1. The lowest BCUT2D eigenvalue weighted by atomic mass is 10.1. The van der Waals surface area contributed by atoms with Gasteiger partial charge in [0.2, 0.25) is 11.8 Å². The van der Waals surface area contributed by atoms with Crippen molar-refractivity contribution in [1.29, 1.82) is 0 Å². The van der Waals surface area contributed by atoms with Gasteiger partial charge in [-0.1, -0.05) is 0 Å². The summed E-state index contributed by atoms with van der Waals surface area (Å²) in [6, 6.07) is -0.528. The van der Waals surface area contributed by atoms with E-state index in [0.29, 0.717) is 26.1 Å². The summed E-state index contributed by atoms with van der Waals surface area (Å²) < 4.78 is 4.87. The Hall–Kier alpha value is -1.14. The van der Waals surface area contributed by atoms with Crippen molar-refractivity contribution in [2.75, 3.05) is 26.8 Å². The number of rotatable bonds is 9. The fourth-order valence-corrected chi connectivity index (χ4v) is 1.29. The minimum absolute atomic E-state index is 0.0687. The van der Waals surface area contributed by atoms with Crippen LogP contribution < -0.4 is 16.4 Å². The van der Waals surface area contributed by atoms with E-state index in [9.17, 15) is 9.59 Å². The Labute approximate surface area is 102 Å². The largest absolute Gasteiger partial charge is 0.385 e. The zero-order chi connectivity index (χ0) is 13.1. The summed E-state index contributed by atoms with van der Waals surface area (Å²) in [5.74, 6) is -0.286. The molecular formula is C11H23N3O3. The standard InChI is InChI=1S/C11H23N3O3/c1-3-13-10(15)6-7-14-11(16)9(12)5-4-8-17-2/h9H,3-8,12H2,1-2H3,(H,13,15)(H,14,16). The Kier molecular flexibility index (Phi) is 9.37. The lowest BCUT2D eigenvalue weighted by Gasteiger charge is -2.11. The van der Waals surface area contributed by atoms with Gasteiger partial charge in [0.05, 0.1) is 6.04 Å². The van der Waals surface area contributed by atoms with E-state index in [1.54, 1.807) is 7.11 Å². The highest BCUT2D eigenvalue weighted by Crippen LogP contribution is 1.94. The lowest BCUT2D eigenvalue weighted by molar-refractivity contribution is -0.123. The molecule has 100 valence electrons. The first-order valence-electron chi connectivity index (χ1n) is 5.90. The average Bonchev–Trinajstić information content (AvgIpc) is 2.29. The van der Waals surface area contributed by atoms with Crippen LogP contribution in [0.25, 0.3) is 0 Å². The van der Waals surface area contributed by atoms with E-state index >= 15 is 0 Å². The highest BCUT2D eigenvalue weighted by atomic mass is 16.5. The first kappa shape index (κ1) is 15.9. The summed E-state index contributed by atoms with van der Waals surface area (Å²) in [5.41, 5.74) is 5.67. The maximum absolute atomic E-state index is 11.5. The van der Waals surface area contributed by atoms with Gasteiger partial charge in [0.25, 0.3) is 0 Å². The van der Waals surface area contributed by atoms with E-state index in [1.807, 2.05) is 6.92 Å². The highest BCUT2D eigenvalue weighted by molar-refractivity contribution is 5.82. The maximum atomic E-state index is 11.5. The molecule has 0 saturated heterocycles. The van der Waals surface area contributed by atoms with Crippen LogP contribution >= 0.6 is 0 Å². The molecule has 17 heavy (non-hydrogen) atoms. The van der Waals surface area contributed by atoms with Gasteiger partial charge in [-0.15, -0.1) is 0 Å². The monoisotopic (exact) mass is 245 g/mol. The molecule has 0 radical (unpaired) electrons. The van der Waals surface area contributed by atoms with Gasteiger partial charge in [-0.05, 0) is 19.8 Å². The Morgan fingerprint density at radius 3 is 2.65 bits per heavy atom. The number of amides is 2. The predicted molar refractivity (Wildman–Crippen MR) is 65.4 cm³/mol. The zero-order valence-electron chi connectivity index (χ0n) is 10.6. The second kappa shape index (κ2) is 10.0. The third-order valence-corrected chi connectivity index (χ3v) is 2.23. The van der Waals surface area contributed by atoms with Gasteiger partial charge < -0.3 is 21.1 Å². The van der Waals surface area contributed by atoms with Gasteiger partial charge in [-0.25, -0.2) is 0 Å². The molecule has 0 rings (SSSR count). The molecule has 0 aliphatic rings. The average molecular weight is 245 g/mol. The van der Waals surface area contributed by atoms with E-state index in [0.717, 1.165) is 6.42 Å². The molecule has 4 N–H and O–H groups in total. The summed E-state index contributed by atoms with van der Waals surface area (Å²) in [6.45, 7) is 3.37. The molecule has 0 aromatic carbocycles. The number of carbonyl (C=O) groups is 2. The molecule has 1 unspecified atom stereocenters. The summed E-state index contributed by atoms with van der Waals surface area (Å²) >= 11 is 0. The Balaban J connectivity index is 3.60. The normalized spacial score (nSPS) is 11.9. The van der Waals surface area contributed by atoms with Crippen LogP contribution in [-0.4, -0.2) is 44.7 Å². The number of ether oxygens (including phenoxy) is 1. The van der Waals surface area contributed by atoms with Crippen LogP contribution in [0.2, 0.25) is 0 Å². The molecule has 2 amide bonds. The van der Waals surface area contributed by atoms with Crippen LogP contribution in [0.4, 0.5) is 0 Å². The van der Waals surface area contributed by atoms with Crippen LogP contribution in [0, 0.1) is 0 Å². The zero-order valence-corrected chi connectivity index (χ0v) is 10.6. The fourth-order valence-electron chi connectivity index (χ4n) is 1.29. The van der Waals surface area contributed by atoms with Crippen molar-refractivity contribution in [2.24, 2.45) is 5.73 Å². The molecule has 6 nitrogen and oxygen atoms in total. The first-order valence-corrected chi connectivity index (χ1v) is 5.90. The second-order valence-corrected chi connectivity index (χ2v) is 3.74. The van der Waals surface area contributed by atoms with E-state index in [4.69, 9.17) is 10.5 Å². The Morgan fingerprint density at radius 2 is 2.06 bits per heavy atom. The number of hydrogen-bond acceptors (Lipinski definition) is 4. The molecule has 0 aliphatic carbocycles. The number of carbonyl (C=O) groups excluding carboxylic acids is 2. The summed E-state index contributed by atoms with van der Waals surface area (Å²) in [4.78, 5) is 22.6. The van der Waals surface area contributed by atoms with E-state index in [-0.39, 0.29) is 18.2 Å². The molecule has 6 heteroatoms. The fraction of sp³-hybridized carbons (Fsp3) is 0.818. The van der Waals surface area contributed by atoms with Crippen LogP contribution in [0.5, 0.6) is 0 Å². The molecule has 1 atom stereocenters. The van der Waals surface area contributed by atoms with Crippen molar-refractivity contribution in [3.05, 3.63) is 0 Å². The van der Waals surface area contributed by atoms with Gasteiger partial charge >= 0.3 is 0 Å². The van der Waals surface area contributed by atoms with Gasteiger partial charge in [0.1, 0.15) is 0 Å². The number of nitrogens with one attached hydrogen (secondary N) is 2. The summed E-state index contributed by atoms with van der Waals surface area (Å²) in [7, 11) is 1.61. The van der Waals surface area contributed by atoms with Crippen molar-refractivity contribution in [3.63, 3.8) is 0 Å². The number of hydrogen-bond donors (Lipinski definition) is 3. The molecule has 0 aromatic heterocycles. The van der Waals surface area contributed by atoms with Crippen molar-refractivity contribution in [1.82, 2.24) is 10.6 Å². The van der Waals surface area contributed by atoms with Crippen LogP contribution in [0.3, 0.4) is 0 Å². The Bertz CT molecular complexity index is 234. The third-order valence-electron chi connectivity index (χ3n) is 2.23. The van der Waals surface area contributed by atoms with Gasteiger partial charge in [0, 0.05) is 33.2 Å². The van der Waals surface area contributed by atoms with E-state index in [2.05, 4.69) is 10.6 Å². The van der Waals surface area contributed by atoms with Crippen molar-refractivity contribution < 1.29 is 14.3 Å². The molecule has 0 heterocycles. The second-order valence-electron chi connectivity index (χ2n) is 3.74. The van der Waals surface area contributed by atoms with Gasteiger partial charge in [0.15, 0.2) is 0 Å². The molecule has 0 aromatic rings. The maximum Gasteiger partial charge on any atom is 0.236 e. The Morgan fingerprint density at radius 1 is 1.35 bits per heavy atom. The third kappa shape index (κ3) is 8.65. The van der Waals surface area contributed by atoms with Crippen molar-refractivity contribution >= 4 is 11.8 Å². The van der Waals surface area contributed by atoms with Gasteiger partial charge in [-0.3, -0.25) is 9.59 Å². The summed E-state index contributed by atoms with van der Waals surface area (Å²) in [5, 5.41) is 5.29. The van der Waals surface area contributed by atoms with Crippen molar-refractivity contribution in [3.8, 4) is 0 Å². The molecule has 0 fully saturated rings. The minimum Gasteiger partial charge on any atom is -0.385 e. The van der Waals surface area contributed by atoms with Crippen molar-refractivity contribution in [2.45, 2.75) is 32.2 Å². The molecule has 0 bridgehead atoms. The topological polar surface area (TPSA) is 93.5 Å².